The molecule has 1 heterocycles. The third kappa shape index (κ3) is 3.52. The van der Waals surface area contributed by atoms with Gasteiger partial charge in [-0.05, 0) is 52.7 Å². The lowest BCUT2D eigenvalue weighted by molar-refractivity contribution is 0.603. The van der Waals surface area contributed by atoms with Crippen molar-refractivity contribution < 1.29 is 8.42 Å². The maximum absolute atomic E-state index is 12.2. The largest absolute Gasteiger partial charge is 0.277 e. The zero-order valence-electron chi connectivity index (χ0n) is 9.58. The van der Waals surface area contributed by atoms with Crippen LogP contribution < -0.4 is 4.72 Å². The van der Waals surface area contributed by atoms with Gasteiger partial charge in [-0.2, -0.15) is 0 Å². The van der Waals surface area contributed by atoms with Gasteiger partial charge in [0.25, 0.3) is 10.0 Å². The number of hydrogen-bond donors (Lipinski definition) is 1. The van der Waals surface area contributed by atoms with E-state index in [0.29, 0.717) is 10.7 Å². The summed E-state index contributed by atoms with van der Waals surface area (Å²) >= 11 is 13.7. The second-order valence-electron chi connectivity index (χ2n) is 3.75. The van der Waals surface area contributed by atoms with Crippen LogP contribution in [0, 0.1) is 6.92 Å². The van der Waals surface area contributed by atoms with Gasteiger partial charge in [0.1, 0.15) is 4.21 Å². The van der Waals surface area contributed by atoms with E-state index < -0.39 is 10.0 Å². The molecule has 1 aromatic heterocycles. The fourth-order valence-corrected chi connectivity index (χ4v) is 5.41. The van der Waals surface area contributed by atoms with Crippen molar-refractivity contribution in [1.82, 2.24) is 0 Å². The molecule has 8 heteroatoms. The molecule has 0 unspecified atom stereocenters. The van der Waals surface area contributed by atoms with Crippen LogP contribution in [-0.2, 0) is 10.0 Å². The quantitative estimate of drug-likeness (QED) is 0.720. The number of anilines is 1. The predicted molar refractivity (Wildman–Crippen MR) is 86.7 cm³/mol. The molecule has 1 aromatic carbocycles. The molecule has 0 aliphatic heterocycles. The number of sulfonamides is 1. The molecule has 102 valence electrons. The second-order valence-corrected chi connectivity index (χ2v) is 9.35. The Morgan fingerprint density at radius 1 is 1.26 bits per heavy atom. The van der Waals surface area contributed by atoms with Crippen molar-refractivity contribution in [3.63, 3.8) is 0 Å². The Bertz CT molecular complexity index is 709. The average molecular weight is 446 g/mol. The Morgan fingerprint density at radius 2 is 1.95 bits per heavy atom. The lowest BCUT2D eigenvalue weighted by atomic mass is 10.3. The van der Waals surface area contributed by atoms with E-state index in [0.717, 1.165) is 25.2 Å². The highest BCUT2D eigenvalue weighted by atomic mass is 79.9. The minimum absolute atomic E-state index is 0.246. The molecule has 19 heavy (non-hydrogen) atoms. The van der Waals surface area contributed by atoms with Crippen molar-refractivity contribution in [2.24, 2.45) is 0 Å². The fraction of sp³-hybridized carbons (Fsp3) is 0.0909. The van der Waals surface area contributed by atoms with Gasteiger partial charge in [-0.15, -0.1) is 11.3 Å². The summed E-state index contributed by atoms with van der Waals surface area (Å²) < 4.78 is 28.7. The highest BCUT2D eigenvalue weighted by Crippen LogP contribution is 2.33. The zero-order chi connectivity index (χ0) is 14.2. The summed E-state index contributed by atoms with van der Waals surface area (Å²) in [5, 5.41) is 0.338. The molecule has 0 atom stereocenters. The van der Waals surface area contributed by atoms with E-state index in [1.165, 1.54) is 0 Å². The van der Waals surface area contributed by atoms with Gasteiger partial charge in [0.05, 0.1) is 14.5 Å². The van der Waals surface area contributed by atoms with E-state index in [4.69, 9.17) is 11.6 Å². The zero-order valence-corrected chi connectivity index (χ0v) is 15.1. The van der Waals surface area contributed by atoms with Crippen LogP contribution in [0.3, 0.4) is 0 Å². The van der Waals surface area contributed by atoms with Gasteiger partial charge in [0.2, 0.25) is 0 Å². The van der Waals surface area contributed by atoms with Gasteiger partial charge in [0, 0.05) is 4.47 Å². The standard InChI is InChI=1S/C11H8Br2ClNO2S2/c1-6-4-10(18-11(6)13)19(16,17)15-9-3-2-7(12)5-8(9)14/h2-5,15H,1H3. The fourth-order valence-electron chi connectivity index (χ4n) is 1.33. The molecule has 0 saturated carbocycles. The minimum Gasteiger partial charge on any atom is -0.277 e. The molecule has 0 spiro atoms. The monoisotopic (exact) mass is 443 g/mol. The van der Waals surface area contributed by atoms with Crippen molar-refractivity contribution in [3.8, 4) is 0 Å². The topological polar surface area (TPSA) is 46.2 Å². The first-order chi connectivity index (χ1) is 8.79. The first-order valence-electron chi connectivity index (χ1n) is 5.03. The minimum atomic E-state index is -3.61. The van der Waals surface area contributed by atoms with Crippen molar-refractivity contribution in [2.45, 2.75) is 11.1 Å². The van der Waals surface area contributed by atoms with Crippen molar-refractivity contribution in [2.75, 3.05) is 4.72 Å². The first kappa shape index (κ1) is 15.3. The van der Waals surface area contributed by atoms with Gasteiger partial charge < -0.3 is 0 Å². The molecule has 0 aliphatic carbocycles. The Morgan fingerprint density at radius 3 is 2.47 bits per heavy atom. The van der Waals surface area contributed by atoms with E-state index in [2.05, 4.69) is 36.6 Å². The molecule has 0 amide bonds. The van der Waals surface area contributed by atoms with Gasteiger partial charge in [-0.25, -0.2) is 8.42 Å². The number of nitrogens with one attached hydrogen (secondary N) is 1. The number of thiophene rings is 1. The number of benzene rings is 1. The van der Waals surface area contributed by atoms with E-state index in [9.17, 15) is 8.42 Å². The summed E-state index contributed by atoms with van der Waals surface area (Å²) in [4.78, 5) is 0. The molecular formula is C11H8Br2ClNO2S2. The van der Waals surface area contributed by atoms with Crippen LogP contribution >= 0.6 is 54.8 Å². The van der Waals surface area contributed by atoms with Gasteiger partial charge in [0.15, 0.2) is 0 Å². The lowest BCUT2D eigenvalue weighted by Crippen LogP contribution is -2.11. The normalized spacial score (nSPS) is 11.6. The van der Waals surface area contributed by atoms with Crippen LogP contribution in [0.15, 0.2) is 36.7 Å². The highest BCUT2D eigenvalue weighted by molar-refractivity contribution is 9.11. The highest BCUT2D eigenvalue weighted by Gasteiger charge is 2.19. The Hall–Kier alpha value is -0.0800. The third-order valence-corrected chi connectivity index (χ3v) is 7.06. The molecule has 0 bridgehead atoms. The maximum Gasteiger partial charge on any atom is 0.271 e. The van der Waals surface area contributed by atoms with Gasteiger partial charge in [-0.3, -0.25) is 4.72 Å². The van der Waals surface area contributed by atoms with Crippen LogP contribution in [0.2, 0.25) is 5.02 Å². The summed E-state index contributed by atoms with van der Waals surface area (Å²) in [6.07, 6.45) is 0. The Balaban J connectivity index is 2.36. The molecule has 2 aromatic rings. The molecule has 0 saturated heterocycles. The molecule has 0 aliphatic rings. The number of halogens is 3. The van der Waals surface area contributed by atoms with E-state index in [-0.39, 0.29) is 4.21 Å². The summed E-state index contributed by atoms with van der Waals surface area (Å²) in [6.45, 7) is 1.84. The summed E-state index contributed by atoms with van der Waals surface area (Å²) in [5.74, 6) is 0. The number of hydrogen-bond acceptors (Lipinski definition) is 3. The SMILES string of the molecule is Cc1cc(S(=O)(=O)Nc2ccc(Br)cc2Cl)sc1Br. The number of rotatable bonds is 3. The molecule has 2 rings (SSSR count). The van der Waals surface area contributed by atoms with Gasteiger partial charge >= 0.3 is 0 Å². The van der Waals surface area contributed by atoms with Crippen LogP contribution in [0.4, 0.5) is 5.69 Å². The number of aryl methyl sites for hydroxylation is 1. The van der Waals surface area contributed by atoms with E-state index in [1.807, 2.05) is 6.92 Å². The van der Waals surface area contributed by atoms with Crippen molar-refractivity contribution in [3.05, 3.63) is 43.1 Å². The van der Waals surface area contributed by atoms with Crippen molar-refractivity contribution in [1.29, 1.82) is 0 Å². The summed E-state index contributed by atoms with van der Waals surface area (Å²) in [5.41, 5.74) is 1.24. The second kappa shape index (κ2) is 5.73. The Labute approximate surface area is 137 Å². The van der Waals surface area contributed by atoms with E-state index >= 15 is 0 Å². The Kier molecular flexibility index (Phi) is 4.62. The summed E-state index contributed by atoms with van der Waals surface area (Å²) in [7, 11) is -3.61. The molecular weight excluding hydrogens is 438 g/mol. The molecule has 1 N–H and O–H groups in total. The third-order valence-electron chi connectivity index (χ3n) is 2.27. The average Bonchev–Trinajstić information content (AvgIpc) is 2.64. The van der Waals surface area contributed by atoms with E-state index in [1.54, 1.807) is 24.3 Å². The van der Waals surface area contributed by atoms with Crippen LogP contribution in [0.5, 0.6) is 0 Å². The summed E-state index contributed by atoms with van der Waals surface area (Å²) in [6, 6.07) is 6.58. The maximum atomic E-state index is 12.2. The predicted octanol–water partition coefficient (Wildman–Crippen LogP) is 5.04. The smallest absolute Gasteiger partial charge is 0.271 e. The van der Waals surface area contributed by atoms with Crippen LogP contribution in [0.1, 0.15) is 5.56 Å². The van der Waals surface area contributed by atoms with Crippen LogP contribution in [-0.4, -0.2) is 8.42 Å². The van der Waals surface area contributed by atoms with Crippen molar-refractivity contribution >= 4 is 70.5 Å². The molecule has 0 fully saturated rings. The first-order valence-corrected chi connectivity index (χ1v) is 9.30. The lowest BCUT2D eigenvalue weighted by Gasteiger charge is -2.08. The van der Waals surface area contributed by atoms with Gasteiger partial charge in [-0.1, -0.05) is 27.5 Å². The molecule has 0 radical (unpaired) electrons. The molecule has 3 nitrogen and oxygen atoms in total. The van der Waals surface area contributed by atoms with Crippen LogP contribution in [0.25, 0.3) is 0 Å².